The number of nitrogens with one attached hydrogen (secondary N) is 2. The van der Waals surface area contributed by atoms with Crippen LogP contribution in [0, 0.1) is 5.41 Å². The van der Waals surface area contributed by atoms with Gasteiger partial charge in [0.25, 0.3) is 0 Å². The lowest BCUT2D eigenvalue weighted by Crippen LogP contribution is -2.20. The number of nitrogens with two attached hydrogens (primary N) is 1. The Morgan fingerprint density at radius 2 is 2.09 bits per heavy atom. The second kappa shape index (κ2) is 3.39. The Bertz CT molecular complexity index is 272. The molecule has 3 nitrogen and oxygen atoms in total. The Balaban J connectivity index is 2.86. The summed E-state index contributed by atoms with van der Waals surface area (Å²) in [5.74, 6) is -0.0584. The highest BCUT2D eigenvalue weighted by Crippen LogP contribution is 2.20. The van der Waals surface area contributed by atoms with Crippen LogP contribution in [0.15, 0.2) is 28.7 Å². The van der Waals surface area contributed by atoms with Crippen molar-refractivity contribution in [2.24, 2.45) is 5.73 Å². The molecule has 1 aromatic rings. The summed E-state index contributed by atoms with van der Waals surface area (Å²) in [4.78, 5) is 0. The minimum Gasteiger partial charge on any atom is -0.370 e. The van der Waals surface area contributed by atoms with Crippen molar-refractivity contribution in [1.82, 2.24) is 0 Å². The van der Waals surface area contributed by atoms with Gasteiger partial charge in [-0.05, 0) is 28.1 Å². The van der Waals surface area contributed by atoms with E-state index in [1.54, 1.807) is 0 Å². The third-order valence-corrected chi connectivity index (χ3v) is 1.83. The maximum atomic E-state index is 6.97. The average molecular weight is 214 g/mol. The quantitative estimate of drug-likeness (QED) is 0.492. The molecule has 0 spiro atoms. The Kier molecular flexibility index (Phi) is 2.48. The zero-order valence-electron chi connectivity index (χ0n) is 5.76. The Labute approximate surface area is 73.2 Å². The van der Waals surface area contributed by atoms with Crippen LogP contribution in [0.1, 0.15) is 0 Å². The van der Waals surface area contributed by atoms with Gasteiger partial charge in [0, 0.05) is 4.47 Å². The summed E-state index contributed by atoms with van der Waals surface area (Å²) in [7, 11) is 0. The van der Waals surface area contributed by atoms with Gasteiger partial charge in [-0.3, -0.25) is 5.41 Å². The molecule has 0 atom stereocenters. The molecular formula is C7H8BrN3. The third-order valence-electron chi connectivity index (χ3n) is 1.14. The summed E-state index contributed by atoms with van der Waals surface area (Å²) in [5.41, 5.74) is 5.95. The fraction of sp³-hybridized carbons (Fsp3) is 0. The van der Waals surface area contributed by atoms with E-state index in [-0.39, 0.29) is 5.96 Å². The first-order valence-electron chi connectivity index (χ1n) is 3.06. The summed E-state index contributed by atoms with van der Waals surface area (Å²) in [6.07, 6.45) is 0. The molecule has 0 fully saturated rings. The van der Waals surface area contributed by atoms with Gasteiger partial charge in [-0.25, -0.2) is 0 Å². The smallest absolute Gasteiger partial charge is 0.190 e. The largest absolute Gasteiger partial charge is 0.370 e. The molecule has 0 aliphatic rings. The molecule has 4 heteroatoms. The first-order valence-corrected chi connectivity index (χ1v) is 3.85. The van der Waals surface area contributed by atoms with Crippen molar-refractivity contribution in [2.75, 3.05) is 5.32 Å². The highest BCUT2D eigenvalue weighted by molar-refractivity contribution is 9.10. The lowest BCUT2D eigenvalue weighted by atomic mass is 10.3. The van der Waals surface area contributed by atoms with Crippen molar-refractivity contribution in [1.29, 1.82) is 5.41 Å². The summed E-state index contributed by atoms with van der Waals surface area (Å²) < 4.78 is 0.898. The number of guanidine groups is 1. The predicted molar refractivity (Wildman–Crippen MR) is 49.7 cm³/mol. The van der Waals surface area contributed by atoms with E-state index in [1.807, 2.05) is 24.3 Å². The van der Waals surface area contributed by atoms with Crippen LogP contribution in [-0.4, -0.2) is 5.96 Å². The van der Waals surface area contributed by atoms with Crippen molar-refractivity contribution < 1.29 is 0 Å². The van der Waals surface area contributed by atoms with Crippen molar-refractivity contribution in [3.8, 4) is 0 Å². The number of para-hydroxylation sites is 1. The van der Waals surface area contributed by atoms with Crippen LogP contribution >= 0.6 is 15.9 Å². The van der Waals surface area contributed by atoms with E-state index in [9.17, 15) is 0 Å². The van der Waals surface area contributed by atoms with Crippen LogP contribution in [0.3, 0.4) is 0 Å². The fourth-order valence-electron chi connectivity index (χ4n) is 0.708. The van der Waals surface area contributed by atoms with Crippen molar-refractivity contribution in [3.05, 3.63) is 28.7 Å². The van der Waals surface area contributed by atoms with Gasteiger partial charge in [0.15, 0.2) is 5.96 Å². The molecular weight excluding hydrogens is 206 g/mol. The van der Waals surface area contributed by atoms with Gasteiger partial charge in [-0.2, -0.15) is 0 Å². The van der Waals surface area contributed by atoms with Crippen LogP contribution in [0.5, 0.6) is 0 Å². The van der Waals surface area contributed by atoms with Crippen LogP contribution in [-0.2, 0) is 0 Å². The molecule has 4 N–H and O–H groups in total. The van der Waals surface area contributed by atoms with E-state index in [0.29, 0.717) is 0 Å². The van der Waals surface area contributed by atoms with E-state index in [2.05, 4.69) is 21.2 Å². The van der Waals surface area contributed by atoms with Gasteiger partial charge in [-0.1, -0.05) is 12.1 Å². The molecule has 0 saturated heterocycles. The molecule has 0 heterocycles. The molecule has 0 radical (unpaired) electrons. The second-order valence-electron chi connectivity index (χ2n) is 2.02. The van der Waals surface area contributed by atoms with E-state index in [0.717, 1.165) is 10.2 Å². The van der Waals surface area contributed by atoms with Gasteiger partial charge >= 0.3 is 0 Å². The molecule has 0 aromatic heterocycles. The molecule has 58 valence electrons. The van der Waals surface area contributed by atoms with Crippen LogP contribution in [0.25, 0.3) is 0 Å². The minimum atomic E-state index is -0.0584. The number of benzene rings is 1. The summed E-state index contributed by atoms with van der Waals surface area (Å²) in [6, 6.07) is 7.49. The lowest BCUT2D eigenvalue weighted by Gasteiger charge is -2.04. The summed E-state index contributed by atoms with van der Waals surface area (Å²) >= 11 is 3.31. The Morgan fingerprint density at radius 1 is 1.45 bits per heavy atom. The molecule has 0 amide bonds. The Morgan fingerprint density at radius 3 is 2.64 bits per heavy atom. The van der Waals surface area contributed by atoms with E-state index < -0.39 is 0 Å². The molecule has 0 bridgehead atoms. The molecule has 0 saturated carbocycles. The van der Waals surface area contributed by atoms with Gasteiger partial charge in [0.05, 0.1) is 5.69 Å². The highest BCUT2D eigenvalue weighted by Gasteiger charge is 1.96. The minimum absolute atomic E-state index is 0.0584. The van der Waals surface area contributed by atoms with E-state index >= 15 is 0 Å². The topological polar surface area (TPSA) is 61.9 Å². The maximum Gasteiger partial charge on any atom is 0.190 e. The zero-order chi connectivity index (χ0) is 8.27. The van der Waals surface area contributed by atoms with Gasteiger partial charge in [-0.15, -0.1) is 0 Å². The van der Waals surface area contributed by atoms with Gasteiger partial charge < -0.3 is 11.1 Å². The highest BCUT2D eigenvalue weighted by atomic mass is 79.9. The maximum absolute atomic E-state index is 6.97. The first kappa shape index (κ1) is 8.07. The summed E-state index contributed by atoms with van der Waals surface area (Å²) in [5, 5.41) is 9.66. The van der Waals surface area contributed by atoms with Crippen molar-refractivity contribution >= 4 is 27.6 Å². The van der Waals surface area contributed by atoms with Crippen LogP contribution < -0.4 is 11.1 Å². The lowest BCUT2D eigenvalue weighted by molar-refractivity contribution is 1.40. The first-order chi connectivity index (χ1) is 5.20. The normalized spacial score (nSPS) is 9.18. The SMILES string of the molecule is N=C(N)Nc1ccccc1Br. The Hall–Kier alpha value is -1.03. The van der Waals surface area contributed by atoms with E-state index in [4.69, 9.17) is 11.1 Å². The average Bonchev–Trinajstić information content (AvgIpc) is 1.93. The zero-order valence-corrected chi connectivity index (χ0v) is 7.35. The number of anilines is 1. The number of hydrogen-bond acceptors (Lipinski definition) is 1. The fourth-order valence-corrected chi connectivity index (χ4v) is 1.09. The standard InChI is InChI=1S/C7H8BrN3/c8-5-3-1-2-4-6(5)11-7(9)10/h1-4H,(H4,9,10,11). The molecule has 0 aliphatic carbocycles. The van der Waals surface area contributed by atoms with Gasteiger partial charge in [0.1, 0.15) is 0 Å². The summed E-state index contributed by atoms with van der Waals surface area (Å²) in [6.45, 7) is 0. The molecule has 1 aromatic carbocycles. The number of rotatable bonds is 1. The van der Waals surface area contributed by atoms with E-state index in [1.165, 1.54) is 0 Å². The molecule has 11 heavy (non-hydrogen) atoms. The second-order valence-corrected chi connectivity index (χ2v) is 2.87. The van der Waals surface area contributed by atoms with Gasteiger partial charge in [0.2, 0.25) is 0 Å². The van der Waals surface area contributed by atoms with Crippen LogP contribution in [0.4, 0.5) is 5.69 Å². The molecule has 1 rings (SSSR count). The number of hydrogen-bond donors (Lipinski definition) is 3. The molecule has 0 aliphatic heterocycles. The predicted octanol–water partition coefficient (Wildman–Crippen LogP) is 1.75. The van der Waals surface area contributed by atoms with Crippen LogP contribution in [0.2, 0.25) is 0 Å². The monoisotopic (exact) mass is 213 g/mol. The third kappa shape index (κ3) is 2.23. The van der Waals surface area contributed by atoms with Crippen molar-refractivity contribution in [3.63, 3.8) is 0 Å². The van der Waals surface area contributed by atoms with Crippen molar-refractivity contribution in [2.45, 2.75) is 0 Å². The number of halogens is 1. The molecule has 0 unspecified atom stereocenters.